The van der Waals surface area contributed by atoms with E-state index < -0.39 is 0 Å². The quantitative estimate of drug-likeness (QED) is 0.787. The van der Waals surface area contributed by atoms with E-state index in [1.54, 1.807) is 32.0 Å². The number of thiazole rings is 1. The summed E-state index contributed by atoms with van der Waals surface area (Å²) in [6.07, 6.45) is 0. The molecule has 0 aliphatic rings. The van der Waals surface area contributed by atoms with Gasteiger partial charge in [0.05, 0.1) is 16.8 Å². The highest BCUT2D eigenvalue weighted by atomic mass is 79.9. The molecule has 6 heteroatoms. The summed E-state index contributed by atoms with van der Waals surface area (Å²) in [6, 6.07) is 5.11. The van der Waals surface area contributed by atoms with Gasteiger partial charge in [-0.25, -0.2) is 9.78 Å². The van der Waals surface area contributed by atoms with Crippen molar-refractivity contribution in [1.82, 2.24) is 4.98 Å². The number of aromatic nitrogens is 1. The Kier molecular flexibility index (Phi) is 6.84. The van der Waals surface area contributed by atoms with E-state index in [9.17, 15) is 9.90 Å². The van der Waals surface area contributed by atoms with Crippen LogP contribution in [0.15, 0.2) is 22.7 Å². The molecular weight excluding hydrogens is 354 g/mol. The molecule has 2 rings (SSSR count). The van der Waals surface area contributed by atoms with Crippen molar-refractivity contribution in [3.05, 3.63) is 33.2 Å². The van der Waals surface area contributed by atoms with Crippen LogP contribution in [0.5, 0.6) is 5.75 Å². The summed E-state index contributed by atoms with van der Waals surface area (Å²) in [5.41, 5.74) is 1.50. The smallest absolute Gasteiger partial charge is 0.350 e. The van der Waals surface area contributed by atoms with Crippen LogP contribution in [0, 0.1) is 6.92 Å². The standard InChI is InChI=1S/C13H12BrNO3S.C2H6/c1-3-18-13(17)11-7(2)15-12(19-11)8-4-5-10(16)9(14)6-8;1-2/h4-6,16H,3H2,1-2H3;1-2H3. The van der Waals surface area contributed by atoms with Gasteiger partial charge in [0.2, 0.25) is 0 Å². The molecule has 0 aliphatic heterocycles. The summed E-state index contributed by atoms with van der Waals surface area (Å²) in [7, 11) is 0. The second-order valence-electron chi connectivity index (χ2n) is 3.82. The number of hydrogen-bond acceptors (Lipinski definition) is 5. The molecule has 0 amide bonds. The average molecular weight is 372 g/mol. The van der Waals surface area contributed by atoms with Crippen molar-refractivity contribution in [1.29, 1.82) is 0 Å². The lowest BCUT2D eigenvalue weighted by Gasteiger charge is -1.99. The van der Waals surface area contributed by atoms with Gasteiger partial charge in [-0.05, 0) is 48.0 Å². The Hall–Kier alpha value is -1.40. The van der Waals surface area contributed by atoms with Crippen molar-refractivity contribution in [3.8, 4) is 16.3 Å². The molecule has 4 nitrogen and oxygen atoms in total. The van der Waals surface area contributed by atoms with Crippen LogP contribution in [0.3, 0.4) is 0 Å². The van der Waals surface area contributed by atoms with Gasteiger partial charge in [-0.15, -0.1) is 11.3 Å². The highest BCUT2D eigenvalue weighted by Gasteiger charge is 2.17. The number of carbonyl (C=O) groups is 1. The lowest BCUT2D eigenvalue weighted by atomic mass is 10.2. The molecule has 0 radical (unpaired) electrons. The fourth-order valence-electron chi connectivity index (χ4n) is 1.55. The Labute approximate surface area is 136 Å². The minimum Gasteiger partial charge on any atom is -0.507 e. The van der Waals surface area contributed by atoms with Crippen molar-refractivity contribution < 1.29 is 14.6 Å². The molecule has 1 aromatic carbocycles. The molecule has 21 heavy (non-hydrogen) atoms. The summed E-state index contributed by atoms with van der Waals surface area (Å²) in [6.45, 7) is 7.89. The molecule has 0 saturated heterocycles. The Morgan fingerprint density at radius 1 is 1.43 bits per heavy atom. The molecule has 0 aliphatic carbocycles. The monoisotopic (exact) mass is 371 g/mol. The number of aryl methyl sites for hydroxylation is 1. The van der Waals surface area contributed by atoms with E-state index in [1.807, 2.05) is 13.8 Å². The Bertz CT molecular complexity index is 625. The topological polar surface area (TPSA) is 59.4 Å². The number of esters is 1. The largest absolute Gasteiger partial charge is 0.507 e. The average Bonchev–Trinajstić information content (AvgIpc) is 2.86. The Morgan fingerprint density at radius 3 is 2.67 bits per heavy atom. The molecule has 0 atom stereocenters. The number of hydrogen-bond donors (Lipinski definition) is 1. The minimum atomic E-state index is -0.346. The van der Waals surface area contributed by atoms with Crippen molar-refractivity contribution in [3.63, 3.8) is 0 Å². The van der Waals surface area contributed by atoms with E-state index in [1.165, 1.54) is 11.3 Å². The second kappa shape index (κ2) is 8.14. The normalized spacial score (nSPS) is 9.76. The third-order valence-electron chi connectivity index (χ3n) is 2.45. The van der Waals surface area contributed by atoms with Gasteiger partial charge in [0, 0.05) is 5.56 Å². The number of nitrogens with zero attached hydrogens (tertiary/aromatic N) is 1. The van der Waals surface area contributed by atoms with Gasteiger partial charge in [-0.3, -0.25) is 0 Å². The summed E-state index contributed by atoms with van der Waals surface area (Å²) < 4.78 is 5.58. The van der Waals surface area contributed by atoms with Crippen molar-refractivity contribution >= 4 is 33.2 Å². The third-order valence-corrected chi connectivity index (χ3v) is 4.27. The summed E-state index contributed by atoms with van der Waals surface area (Å²) in [4.78, 5) is 16.6. The van der Waals surface area contributed by atoms with Crippen LogP contribution in [-0.2, 0) is 4.74 Å². The number of carbonyl (C=O) groups excluding carboxylic acids is 1. The lowest BCUT2D eigenvalue weighted by molar-refractivity contribution is 0.0531. The van der Waals surface area contributed by atoms with Gasteiger partial charge in [0.1, 0.15) is 15.6 Å². The maximum Gasteiger partial charge on any atom is 0.350 e. The van der Waals surface area contributed by atoms with Crippen molar-refractivity contribution in [2.24, 2.45) is 0 Å². The number of halogens is 1. The molecule has 0 fully saturated rings. The first-order chi connectivity index (χ1) is 10.0. The highest BCUT2D eigenvalue weighted by Crippen LogP contribution is 2.33. The summed E-state index contributed by atoms with van der Waals surface area (Å²) in [5.74, 6) is -0.177. The van der Waals surface area contributed by atoms with E-state index >= 15 is 0 Å². The number of ether oxygens (including phenoxy) is 1. The zero-order chi connectivity index (χ0) is 16.0. The van der Waals surface area contributed by atoms with Crippen molar-refractivity contribution in [2.75, 3.05) is 6.61 Å². The molecule has 0 unspecified atom stereocenters. The molecule has 0 saturated carbocycles. The molecule has 1 heterocycles. The Balaban J connectivity index is 0.00000106. The van der Waals surface area contributed by atoms with Crippen LogP contribution in [0.1, 0.15) is 36.1 Å². The number of aromatic hydroxyl groups is 1. The van der Waals surface area contributed by atoms with Gasteiger partial charge in [-0.2, -0.15) is 0 Å². The summed E-state index contributed by atoms with van der Waals surface area (Å²) in [5, 5.41) is 10.2. The third kappa shape index (κ3) is 4.28. The number of rotatable bonds is 3. The maximum absolute atomic E-state index is 11.7. The first-order valence-electron chi connectivity index (χ1n) is 6.66. The fraction of sp³-hybridized carbons (Fsp3) is 0.333. The zero-order valence-corrected chi connectivity index (χ0v) is 14.8. The molecule has 0 spiro atoms. The predicted molar refractivity (Wildman–Crippen MR) is 89.0 cm³/mol. The van der Waals surface area contributed by atoms with E-state index in [0.717, 1.165) is 10.6 Å². The number of phenolic OH excluding ortho intramolecular Hbond substituents is 1. The fourth-order valence-corrected chi connectivity index (χ4v) is 2.88. The molecule has 114 valence electrons. The van der Waals surface area contributed by atoms with E-state index in [0.29, 0.717) is 21.7 Å². The molecule has 0 bridgehead atoms. The van der Waals surface area contributed by atoms with Crippen LogP contribution in [0.2, 0.25) is 0 Å². The molecule has 1 aromatic heterocycles. The lowest BCUT2D eigenvalue weighted by Crippen LogP contribution is -2.03. The SMILES string of the molecule is CC.CCOC(=O)c1sc(-c2ccc(O)c(Br)c2)nc1C. The van der Waals surface area contributed by atoms with Crippen LogP contribution in [0.4, 0.5) is 0 Å². The Morgan fingerprint density at radius 2 is 2.10 bits per heavy atom. The van der Waals surface area contributed by atoms with Gasteiger partial charge >= 0.3 is 5.97 Å². The maximum atomic E-state index is 11.7. The van der Waals surface area contributed by atoms with E-state index in [4.69, 9.17) is 4.74 Å². The van der Waals surface area contributed by atoms with Crippen LogP contribution < -0.4 is 0 Å². The second-order valence-corrected chi connectivity index (χ2v) is 5.67. The molecule has 1 N–H and O–H groups in total. The zero-order valence-electron chi connectivity index (χ0n) is 12.4. The number of benzene rings is 1. The molecule has 2 aromatic rings. The van der Waals surface area contributed by atoms with E-state index in [2.05, 4.69) is 20.9 Å². The molecular formula is C15H18BrNO3S. The summed E-state index contributed by atoms with van der Waals surface area (Å²) >= 11 is 4.54. The first-order valence-corrected chi connectivity index (χ1v) is 8.27. The van der Waals surface area contributed by atoms with Crippen LogP contribution in [-0.4, -0.2) is 22.7 Å². The first kappa shape index (κ1) is 17.7. The predicted octanol–water partition coefficient (Wildman–Crippen LogP) is 4.79. The number of phenols is 1. The van der Waals surface area contributed by atoms with Gasteiger partial charge < -0.3 is 9.84 Å². The minimum absolute atomic E-state index is 0.169. The van der Waals surface area contributed by atoms with Gasteiger partial charge in [0.25, 0.3) is 0 Å². The van der Waals surface area contributed by atoms with Crippen molar-refractivity contribution in [2.45, 2.75) is 27.7 Å². The van der Waals surface area contributed by atoms with Gasteiger partial charge in [-0.1, -0.05) is 13.8 Å². The van der Waals surface area contributed by atoms with Crippen LogP contribution in [0.25, 0.3) is 10.6 Å². The van der Waals surface area contributed by atoms with Gasteiger partial charge in [0.15, 0.2) is 0 Å². The van der Waals surface area contributed by atoms with Crippen LogP contribution >= 0.6 is 27.3 Å². The van der Waals surface area contributed by atoms with E-state index in [-0.39, 0.29) is 11.7 Å². The highest BCUT2D eigenvalue weighted by molar-refractivity contribution is 9.10.